The van der Waals surface area contributed by atoms with E-state index >= 15 is 0 Å². The van der Waals surface area contributed by atoms with Gasteiger partial charge in [0.25, 0.3) is 0 Å². The maximum atomic E-state index is 10.4. The molecule has 0 aliphatic carbocycles. The number of carbonyl (C=O) groups excluding carboxylic acids is 1. The standard InChI is InChI=1S/C9H16O8/c1-4(9(15)16)17-3-6(12)8(14)7(13)5(11)2-10/h2,4-8,11-14H,3H2,1H3,(H,15,16)/t4-,5+,6-,7-,8+/m1/s1. The van der Waals surface area contributed by atoms with Crippen molar-refractivity contribution in [3.05, 3.63) is 0 Å². The highest BCUT2D eigenvalue weighted by Gasteiger charge is 2.30. The van der Waals surface area contributed by atoms with Crippen molar-refractivity contribution >= 4 is 12.3 Å². The highest BCUT2D eigenvalue weighted by molar-refractivity contribution is 5.71. The van der Waals surface area contributed by atoms with Crippen molar-refractivity contribution < 1.29 is 39.9 Å². The van der Waals surface area contributed by atoms with Crippen LogP contribution in [0.2, 0.25) is 0 Å². The first-order chi connectivity index (χ1) is 7.81. The van der Waals surface area contributed by atoms with E-state index in [2.05, 4.69) is 4.74 Å². The van der Waals surface area contributed by atoms with Crippen LogP contribution in [0.25, 0.3) is 0 Å². The van der Waals surface area contributed by atoms with Gasteiger partial charge < -0.3 is 35.1 Å². The SMILES string of the molecule is C[C@@H](OC[C@@H](O)[C@H](O)[C@H](O)[C@@H](O)C=O)C(=O)O. The minimum Gasteiger partial charge on any atom is -0.479 e. The highest BCUT2D eigenvalue weighted by atomic mass is 16.5. The number of hydrogen-bond acceptors (Lipinski definition) is 7. The van der Waals surface area contributed by atoms with Gasteiger partial charge in [0.05, 0.1) is 6.61 Å². The van der Waals surface area contributed by atoms with Gasteiger partial charge in [-0.25, -0.2) is 4.79 Å². The number of hydrogen-bond donors (Lipinski definition) is 5. The predicted octanol–water partition coefficient (Wildman–Crippen LogP) is -2.88. The molecule has 5 atom stereocenters. The molecule has 0 fully saturated rings. The van der Waals surface area contributed by atoms with E-state index in [9.17, 15) is 19.8 Å². The molecule has 0 aliphatic heterocycles. The van der Waals surface area contributed by atoms with Crippen molar-refractivity contribution in [3.8, 4) is 0 Å². The Morgan fingerprint density at radius 2 is 1.76 bits per heavy atom. The van der Waals surface area contributed by atoms with Gasteiger partial charge in [0, 0.05) is 0 Å². The molecule has 0 radical (unpaired) electrons. The summed E-state index contributed by atoms with van der Waals surface area (Å²) in [5.74, 6) is -1.25. The zero-order valence-corrected chi connectivity index (χ0v) is 9.13. The third-order valence-electron chi connectivity index (χ3n) is 2.10. The molecule has 0 amide bonds. The normalized spacial score (nSPS) is 20.1. The maximum absolute atomic E-state index is 10.4. The van der Waals surface area contributed by atoms with Gasteiger partial charge in [0.1, 0.15) is 24.4 Å². The molecule has 0 rings (SSSR count). The Hall–Kier alpha value is -1.06. The van der Waals surface area contributed by atoms with Gasteiger partial charge in [-0.05, 0) is 6.92 Å². The number of aliphatic carboxylic acids is 1. The minimum atomic E-state index is -1.87. The van der Waals surface area contributed by atoms with E-state index in [1.807, 2.05) is 0 Å². The third-order valence-corrected chi connectivity index (χ3v) is 2.10. The lowest BCUT2D eigenvalue weighted by Gasteiger charge is -2.24. The Morgan fingerprint density at radius 3 is 2.18 bits per heavy atom. The van der Waals surface area contributed by atoms with E-state index in [-0.39, 0.29) is 6.29 Å². The average Bonchev–Trinajstić information content (AvgIpc) is 2.32. The third kappa shape index (κ3) is 5.20. The van der Waals surface area contributed by atoms with Gasteiger partial charge >= 0.3 is 5.97 Å². The van der Waals surface area contributed by atoms with Crippen LogP contribution < -0.4 is 0 Å². The topological polar surface area (TPSA) is 145 Å². The Labute approximate surface area is 97.1 Å². The molecule has 0 bridgehead atoms. The van der Waals surface area contributed by atoms with Crippen LogP contribution in [0, 0.1) is 0 Å². The van der Waals surface area contributed by atoms with Crippen molar-refractivity contribution in [2.45, 2.75) is 37.4 Å². The highest BCUT2D eigenvalue weighted by Crippen LogP contribution is 2.05. The number of carboxylic acids is 1. The summed E-state index contributed by atoms with van der Waals surface area (Å²) in [5.41, 5.74) is 0. The van der Waals surface area contributed by atoms with E-state index in [1.54, 1.807) is 0 Å². The van der Waals surface area contributed by atoms with Crippen LogP contribution in [0.15, 0.2) is 0 Å². The molecule has 0 saturated carbocycles. The number of aliphatic hydroxyl groups is 4. The van der Waals surface area contributed by atoms with Crippen molar-refractivity contribution in [2.24, 2.45) is 0 Å². The van der Waals surface area contributed by atoms with Gasteiger partial charge in [-0.2, -0.15) is 0 Å². The minimum absolute atomic E-state index is 0.00133. The average molecular weight is 252 g/mol. The number of carboxylic acid groups (broad SMARTS) is 1. The van der Waals surface area contributed by atoms with Crippen LogP contribution in [-0.4, -0.2) is 74.9 Å². The maximum Gasteiger partial charge on any atom is 0.332 e. The van der Waals surface area contributed by atoms with Crippen LogP contribution in [0.5, 0.6) is 0 Å². The van der Waals surface area contributed by atoms with E-state index in [4.69, 9.17) is 15.3 Å². The molecule has 0 saturated heterocycles. The molecule has 0 aliphatic rings. The number of aliphatic hydroxyl groups excluding tert-OH is 4. The monoisotopic (exact) mass is 252 g/mol. The van der Waals surface area contributed by atoms with E-state index in [0.717, 1.165) is 0 Å². The largest absolute Gasteiger partial charge is 0.479 e. The van der Waals surface area contributed by atoms with Gasteiger partial charge in [0.2, 0.25) is 0 Å². The second-order valence-electron chi connectivity index (χ2n) is 3.49. The molecular weight excluding hydrogens is 236 g/mol. The molecule has 8 nitrogen and oxygen atoms in total. The fourth-order valence-electron chi connectivity index (χ4n) is 0.923. The first-order valence-electron chi connectivity index (χ1n) is 4.83. The molecule has 8 heteroatoms. The van der Waals surface area contributed by atoms with Crippen molar-refractivity contribution in [1.29, 1.82) is 0 Å². The summed E-state index contributed by atoms with van der Waals surface area (Å²) in [4.78, 5) is 20.5. The lowest BCUT2D eigenvalue weighted by atomic mass is 10.0. The Kier molecular flexibility index (Phi) is 6.85. The van der Waals surface area contributed by atoms with Gasteiger partial charge in [-0.15, -0.1) is 0 Å². The molecule has 0 heterocycles. The zero-order chi connectivity index (χ0) is 13.6. The summed E-state index contributed by atoms with van der Waals surface area (Å²) < 4.78 is 4.66. The van der Waals surface area contributed by atoms with Crippen LogP contribution in [0.4, 0.5) is 0 Å². The smallest absolute Gasteiger partial charge is 0.332 e. The van der Waals surface area contributed by atoms with Crippen LogP contribution in [-0.2, 0) is 14.3 Å². The first kappa shape index (κ1) is 15.9. The Bertz CT molecular complexity index is 255. The molecule has 0 unspecified atom stereocenters. The summed E-state index contributed by atoms with van der Waals surface area (Å²) in [7, 11) is 0. The summed E-state index contributed by atoms with van der Waals surface area (Å²) in [5, 5.41) is 45.1. The molecular formula is C9H16O8. The molecule has 0 aromatic heterocycles. The summed E-state index contributed by atoms with van der Waals surface area (Å²) >= 11 is 0. The first-order valence-corrected chi connectivity index (χ1v) is 4.83. The fraction of sp³-hybridized carbons (Fsp3) is 0.778. The second kappa shape index (κ2) is 7.30. The predicted molar refractivity (Wildman–Crippen MR) is 53.1 cm³/mol. The van der Waals surface area contributed by atoms with Crippen LogP contribution in [0.1, 0.15) is 6.92 Å². The Morgan fingerprint density at radius 1 is 1.24 bits per heavy atom. The lowest BCUT2D eigenvalue weighted by Crippen LogP contribution is -2.47. The molecule has 0 spiro atoms. The quantitative estimate of drug-likeness (QED) is 0.290. The van der Waals surface area contributed by atoms with Gasteiger partial charge in [-0.3, -0.25) is 0 Å². The van der Waals surface area contributed by atoms with Crippen molar-refractivity contribution in [2.75, 3.05) is 6.61 Å². The fourth-order valence-corrected chi connectivity index (χ4v) is 0.923. The summed E-state index contributed by atoms with van der Waals surface area (Å²) in [6, 6.07) is 0. The van der Waals surface area contributed by atoms with E-state index in [1.165, 1.54) is 6.92 Å². The van der Waals surface area contributed by atoms with Gasteiger partial charge in [0.15, 0.2) is 12.4 Å². The summed E-state index contributed by atoms with van der Waals surface area (Å²) in [6.07, 6.45) is -8.34. The lowest BCUT2D eigenvalue weighted by molar-refractivity contribution is -0.157. The molecule has 0 aromatic carbocycles. The molecule has 17 heavy (non-hydrogen) atoms. The number of ether oxygens (including phenoxy) is 1. The zero-order valence-electron chi connectivity index (χ0n) is 9.13. The van der Waals surface area contributed by atoms with Crippen molar-refractivity contribution in [3.63, 3.8) is 0 Å². The molecule has 5 N–H and O–H groups in total. The molecule has 0 aromatic rings. The molecule has 100 valence electrons. The van der Waals surface area contributed by atoms with E-state index < -0.39 is 43.1 Å². The number of carbonyl (C=O) groups is 2. The van der Waals surface area contributed by atoms with Crippen LogP contribution in [0.3, 0.4) is 0 Å². The second-order valence-corrected chi connectivity index (χ2v) is 3.49. The van der Waals surface area contributed by atoms with Crippen LogP contribution >= 0.6 is 0 Å². The van der Waals surface area contributed by atoms with Crippen molar-refractivity contribution in [1.82, 2.24) is 0 Å². The number of rotatable bonds is 8. The van der Waals surface area contributed by atoms with E-state index in [0.29, 0.717) is 0 Å². The Balaban J connectivity index is 4.17. The number of aldehydes is 1. The van der Waals surface area contributed by atoms with Gasteiger partial charge in [-0.1, -0.05) is 0 Å². The summed E-state index contributed by atoms with van der Waals surface area (Å²) in [6.45, 7) is 0.662.